The third-order valence-electron chi connectivity index (χ3n) is 3.32. The Morgan fingerprint density at radius 1 is 1.43 bits per heavy atom. The summed E-state index contributed by atoms with van der Waals surface area (Å²) in [5.41, 5.74) is 0. The fourth-order valence-electron chi connectivity index (χ4n) is 2.17. The Morgan fingerprint density at radius 2 is 2.24 bits per heavy atom. The van der Waals surface area contributed by atoms with Crippen molar-refractivity contribution in [3.8, 4) is 0 Å². The molecule has 1 amide bonds. The lowest BCUT2D eigenvalue weighted by Crippen LogP contribution is -2.44. The summed E-state index contributed by atoms with van der Waals surface area (Å²) in [5.74, 6) is 0.0461. The van der Waals surface area contributed by atoms with E-state index in [1.165, 1.54) is 11.3 Å². The fourth-order valence-corrected chi connectivity index (χ4v) is 3.48. The number of likely N-dealkylation sites (N-methyl/N-ethyl adjacent to an activating group) is 1. The molecule has 0 aliphatic carbocycles. The molecule has 1 atom stereocenters. The van der Waals surface area contributed by atoms with E-state index in [0.29, 0.717) is 19.7 Å². The molecule has 112 valence electrons. The molecule has 0 bridgehead atoms. The van der Waals surface area contributed by atoms with Crippen molar-refractivity contribution in [1.29, 1.82) is 0 Å². The maximum Gasteiger partial charge on any atom is 0.242 e. The summed E-state index contributed by atoms with van der Waals surface area (Å²) in [4.78, 5) is 24.5. The number of ether oxygens (including phenoxy) is 1. The van der Waals surface area contributed by atoms with Crippen molar-refractivity contribution in [3.05, 3.63) is 28.2 Å². The van der Waals surface area contributed by atoms with E-state index in [9.17, 15) is 4.79 Å². The zero-order valence-corrected chi connectivity index (χ0v) is 13.3. The number of nitrogens with zero attached hydrogens (tertiary/aromatic N) is 4. The molecule has 0 aromatic carbocycles. The van der Waals surface area contributed by atoms with Crippen LogP contribution in [0.3, 0.4) is 0 Å². The molecule has 0 spiro atoms. The first kappa shape index (κ1) is 14.6. The number of hydrogen-bond donors (Lipinski definition) is 0. The molecule has 21 heavy (non-hydrogen) atoms. The van der Waals surface area contributed by atoms with Gasteiger partial charge in [-0.25, -0.2) is 9.97 Å². The van der Waals surface area contributed by atoms with Gasteiger partial charge in [0.25, 0.3) is 0 Å². The average molecular weight is 324 g/mol. The average Bonchev–Trinajstić information content (AvgIpc) is 3.20. The molecule has 0 radical (unpaired) electrons. The number of thiazole rings is 2. The standard InChI is InChI=1S/C13H16N4O2S2/c1-16(13-15-3-7-21-13)11(18)9-17-4-5-19-10(8-17)12-14-2-6-20-12/h2-3,6-7,10H,4-5,8-9H2,1H3/t10-/m0/s1. The van der Waals surface area contributed by atoms with Crippen LogP contribution in [0.4, 0.5) is 5.13 Å². The predicted molar refractivity (Wildman–Crippen MR) is 82.8 cm³/mol. The van der Waals surface area contributed by atoms with Crippen LogP contribution in [0.2, 0.25) is 0 Å². The number of rotatable bonds is 4. The summed E-state index contributed by atoms with van der Waals surface area (Å²) in [5, 5.41) is 5.51. The summed E-state index contributed by atoms with van der Waals surface area (Å²) in [6.07, 6.45) is 3.46. The summed E-state index contributed by atoms with van der Waals surface area (Å²) in [7, 11) is 1.76. The number of carbonyl (C=O) groups excluding carboxylic acids is 1. The van der Waals surface area contributed by atoms with Gasteiger partial charge in [0.1, 0.15) is 11.1 Å². The van der Waals surface area contributed by atoms with Gasteiger partial charge in [0.05, 0.1) is 13.2 Å². The number of carbonyl (C=O) groups is 1. The van der Waals surface area contributed by atoms with Gasteiger partial charge in [-0.15, -0.1) is 22.7 Å². The van der Waals surface area contributed by atoms with Gasteiger partial charge >= 0.3 is 0 Å². The highest BCUT2D eigenvalue weighted by atomic mass is 32.1. The molecule has 1 fully saturated rings. The van der Waals surface area contributed by atoms with Gasteiger partial charge in [0.15, 0.2) is 5.13 Å². The van der Waals surface area contributed by atoms with Crippen molar-refractivity contribution in [1.82, 2.24) is 14.9 Å². The van der Waals surface area contributed by atoms with Crippen LogP contribution in [0.1, 0.15) is 11.1 Å². The van der Waals surface area contributed by atoms with E-state index in [0.717, 1.165) is 16.7 Å². The van der Waals surface area contributed by atoms with Crippen LogP contribution >= 0.6 is 22.7 Å². The molecule has 8 heteroatoms. The van der Waals surface area contributed by atoms with Crippen LogP contribution in [0.25, 0.3) is 0 Å². The molecule has 2 aromatic heterocycles. The van der Waals surface area contributed by atoms with Crippen molar-refractivity contribution in [2.24, 2.45) is 0 Å². The lowest BCUT2D eigenvalue weighted by Gasteiger charge is -2.32. The Balaban J connectivity index is 1.58. The van der Waals surface area contributed by atoms with E-state index in [4.69, 9.17) is 4.74 Å². The Hall–Kier alpha value is -1.35. The second kappa shape index (κ2) is 6.61. The minimum Gasteiger partial charge on any atom is -0.368 e. The predicted octanol–water partition coefficient (Wildman–Crippen LogP) is 1.64. The molecule has 2 aromatic rings. The molecule has 0 unspecified atom stereocenters. The normalized spacial score (nSPS) is 19.6. The van der Waals surface area contributed by atoms with E-state index in [-0.39, 0.29) is 12.0 Å². The molecule has 1 aliphatic heterocycles. The maximum atomic E-state index is 12.3. The van der Waals surface area contributed by atoms with Crippen molar-refractivity contribution >= 4 is 33.7 Å². The summed E-state index contributed by atoms with van der Waals surface area (Å²) in [6, 6.07) is 0. The van der Waals surface area contributed by atoms with Crippen molar-refractivity contribution in [3.63, 3.8) is 0 Å². The first-order valence-electron chi connectivity index (χ1n) is 6.63. The highest BCUT2D eigenvalue weighted by molar-refractivity contribution is 7.13. The van der Waals surface area contributed by atoms with E-state index < -0.39 is 0 Å². The van der Waals surface area contributed by atoms with E-state index in [2.05, 4.69) is 14.9 Å². The molecular formula is C13H16N4O2S2. The van der Waals surface area contributed by atoms with Crippen LogP contribution in [-0.4, -0.2) is 54.1 Å². The Kier molecular flexibility index (Phi) is 4.59. The maximum absolute atomic E-state index is 12.3. The lowest BCUT2D eigenvalue weighted by molar-refractivity contribution is -0.121. The van der Waals surface area contributed by atoms with E-state index in [1.807, 2.05) is 10.8 Å². The monoisotopic (exact) mass is 324 g/mol. The van der Waals surface area contributed by atoms with Crippen LogP contribution in [0, 0.1) is 0 Å². The highest BCUT2D eigenvalue weighted by Gasteiger charge is 2.26. The van der Waals surface area contributed by atoms with Gasteiger partial charge in [0.2, 0.25) is 5.91 Å². The third kappa shape index (κ3) is 3.46. The quantitative estimate of drug-likeness (QED) is 0.856. The Bertz CT molecular complexity index is 573. The van der Waals surface area contributed by atoms with Gasteiger partial charge in [0, 0.05) is 43.3 Å². The second-order valence-electron chi connectivity index (χ2n) is 4.73. The minimum atomic E-state index is -0.0308. The zero-order valence-electron chi connectivity index (χ0n) is 11.6. The SMILES string of the molecule is CN(C(=O)CN1CCO[C@H](c2nccs2)C1)c1nccs1. The van der Waals surface area contributed by atoms with Crippen LogP contribution in [-0.2, 0) is 9.53 Å². The van der Waals surface area contributed by atoms with Crippen LogP contribution < -0.4 is 4.90 Å². The Morgan fingerprint density at radius 3 is 2.95 bits per heavy atom. The molecule has 6 nitrogen and oxygen atoms in total. The van der Waals surface area contributed by atoms with Crippen molar-refractivity contribution in [2.45, 2.75) is 6.10 Å². The van der Waals surface area contributed by atoms with Crippen LogP contribution in [0.15, 0.2) is 23.2 Å². The highest BCUT2D eigenvalue weighted by Crippen LogP contribution is 2.24. The van der Waals surface area contributed by atoms with Gasteiger partial charge in [-0.1, -0.05) is 0 Å². The first-order chi connectivity index (χ1) is 10.2. The largest absolute Gasteiger partial charge is 0.368 e. The van der Waals surface area contributed by atoms with Crippen molar-refractivity contribution < 1.29 is 9.53 Å². The van der Waals surface area contributed by atoms with Gasteiger partial charge < -0.3 is 4.74 Å². The summed E-state index contributed by atoms with van der Waals surface area (Å²) < 4.78 is 5.74. The number of anilines is 1. The van der Waals surface area contributed by atoms with Gasteiger partial charge in [-0.05, 0) is 0 Å². The zero-order chi connectivity index (χ0) is 14.7. The molecular weight excluding hydrogens is 308 g/mol. The molecule has 3 heterocycles. The van der Waals surface area contributed by atoms with Gasteiger partial charge in [-0.3, -0.25) is 14.6 Å². The van der Waals surface area contributed by atoms with Crippen molar-refractivity contribution in [2.75, 3.05) is 38.2 Å². The smallest absolute Gasteiger partial charge is 0.242 e. The molecule has 0 N–H and O–H groups in total. The minimum absolute atomic E-state index is 0.0308. The third-order valence-corrected chi connectivity index (χ3v) is 5.03. The molecule has 1 saturated heterocycles. The molecule has 3 rings (SSSR count). The summed E-state index contributed by atoms with van der Waals surface area (Å²) in [6.45, 7) is 2.46. The number of aromatic nitrogens is 2. The summed E-state index contributed by atoms with van der Waals surface area (Å²) >= 11 is 3.05. The number of morpholine rings is 1. The van der Waals surface area contributed by atoms with Gasteiger partial charge in [-0.2, -0.15) is 0 Å². The first-order valence-corrected chi connectivity index (χ1v) is 8.39. The number of amides is 1. The number of hydrogen-bond acceptors (Lipinski definition) is 7. The topological polar surface area (TPSA) is 58.6 Å². The fraction of sp³-hybridized carbons (Fsp3) is 0.462. The molecule has 0 saturated carbocycles. The van der Waals surface area contributed by atoms with Crippen LogP contribution in [0.5, 0.6) is 0 Å². The molecule has 1 aliphatic rings. The van der Waals surface area contributed by atoms with E-state index >= 15 is 0 Å². The Labute approximate surface area is 131 Å². The lowest BCUT2D eigenvalue weighted by atomic mass is 10.2. The second-order valence-corrected chi connectivity index (χ2v) is 6.53. The van der Waals surface area contributed by atoms with E-state index in [1.54, 1.807) is 35.7 Å².